The average Bonchev–Trinajstić information content (AvgIpc) is 2.78. The van der Waals surface area contributed by atoms with Crippen molar-refractivity contribution in [3.8, 4) is 5.75 Å². The van der Waals surface area contributed by atoms with E-state index in [1.54, 1.807) is 43.3 Å². The monoisotopic (exact) mass is 437 g/mol. The van der Waals surface area contributed by atoms with E-state index in [-0.39, 0.29) is 11.3 Å². The summed E-state index contributed by atoms with van der Waals surface area (Å²) in [5.74, 6) is -1.71. The van der Waals surface area contributed by atoms with Gasteiger partial charge in [0.15, 0.2) is 0 Å². The Morgan fingerprint density at radius 1 is 1.03 bits per heavy atom. The number of hydrogen-bond acceptors (Lipinski definition) is 5. The zero-order valence-corrected chi connectivity index (χ0v) is 17.8. The number of rotatable bonds is 5. The minimum Gasteiger partial charge on any atom is -0.492 e. The molecular formula is C24H24FN3O4. The van der Waals surface area contributed by atoms with Gasteiger partial charge in [0.1, 0.15) is 17.1 Å². The zero-order valence-electron chi connectivity index (χ0n) is 17.8. The number of benzene rings is 2. The SMILES string of the molecule is CCOc1ccccc1N1C(=O)NC(=O)/C(=C\c2ccc(N3CCCCC3)c(F)c2)C1=O. The molecule has 2 aromatic rings. The zero-order chi connectivity index (χ0) is 22.7. The maximum Gasteiger partial charge on any atom is 0.336 e. The van der Waals surface area contributed by atoms with E-state index in [1.165, 1.54) is 12.1 Å². The highest BCUT2D eigenvalue weighted by atomic mass is 19.1. The van der Waals surface area contributed by atoms with Gasteiger partial charge in [-0.3, -0.25) is 14.9 Å². The lowest BCUT2D eigenvalue weighted by atomic mass is 10.0. The number of carbonyl (C=O) groups is 3. The van der Waals surface area contributed by atoms with Crippen molar-refractivity contribution in [2.75, 3.05) is 29.5 Å². The van der Waals surface area contributed by atoms with Crippen LogP contribution in [0.25, 0.3) is 6.08 Å². The lowest BCUT2D eigenvalue weighted by molar-refractivity contribution is -0.122. The third-order valence-corrected chi connectivity index (χ3v) is 5.49. The Hall–Kier alpha value is -3.68. The van der Waals surface area contributed by atoms with Crippen molar-refractivity contribution in [3.05, 3.63) is 59.4 Å². The molecule has 0 aromatic heterocycles. The van der Waals surface area contributed by atoms with Crippen molar-refractivity contribution >= 4 is 35.3 Å². The van der Waals surface area contributed by atoms with Crippen molar-refractivity contribution < 1.29 is 23.5 Å². The van der Waals surface area contributed by atoms with E-state index < -0.39 is 23.7 Å². The van der Waals surface area contributed by atoms with E-state index in [2.05, 4.69) is 5.32 Å². The number of barbiturate groups is 1. The van der Waals surface area contributed by atoms with Crippen LogP contribution in [0.4, 0.5) is 20.6 Å². The first-order chi connectivity index (χ1) is 15.5. The average molecular weight is 437 g/mol. The highest BCUT2D eigenvalue weighted by Crippen LogP contribution is 2.31. The molecule has 2 fully saturated rings. The molecule has 2 saturated heterocycles. The molecule has 166 valence electrons. The van der Waals surface area contributed by atoms with E-state index >= 15 is 0 Å². The molecule has 0 radical (unpaired) electrons. The number of urea groups is 1. The van der Waals surface area contributed by atoms with Crippen LogP contribution < -0.4 is 19.9 Å². The third kappa shape index (κ3) is 4.21. The van der Waals surface area contributed by atoms with Gasteiger partial charge in [0, 0.05) is 13.1 Å². The normalized spacial score (nSPS) is 18.2. The molecule has 0 aliphatic carbocycles. The number of carbonyl (C=O) groups excluding carboxylic acids is 3. The van der Waals surface area contributed by atoms with Gasteiger partial charge < -0.3 is 9.64 Å². The summed E-state index contributed by atoms with van der Waals surface area (Å²) in [6.07, 6.45) is 4.48. The molecule has 0 spiro atoms. The van der Waals surface area contributed by atoms with Crippen LogP contribution in [-0.2, 0) is 9.59 Å². The number of halogens is 1. The number of ether oxygens (including phenoxy) is 1. The second kappa shape index (κ2) is 9.21. The summed E-state index contributed by atoms with van der Waals surface area (Å²) in [6.45, 7) is 3.72. The predicted octanol–water partition coefficient (Wildman–Crippen LogP) is 3.88. The van der Waals surface area contributed by atoms with Gasteiger partial charge in [-0.25, -0.2) is 14.1 Å². The van der Waals surface area contributed by atoms with Gasteiger partial charge in [-0.2, -0.15) is 0 Å². The van der Waals surface area contributed by atoms with E-state index in [9.17, 15) is 18.8 Å². The molecular weight excluding hydrogens is 413 g/mol. The number of amides is 4. The molecule has 2 aliphatic rings. The predicted molar refractivity (Wildman–Crippen MR) is 119 cm³/mol. The maximum absolute atomic E-state index is 14.8. The first kappa shape index (κ1) is 21.5. The van der Waals surface area contributed by atoms with Gasteiger partial charge in [-0.05, 0) is 62.1 Å². The van der Waals surface area contributed by atoms with Crippen LogP contribution in [0.15, 0.2) is 48.0 Å². The number of imide groups is 2. The number of piperidine rings is 1. The van der Waals surface area contributed by atoms with Gasteiger partial charge in [-0.1, -0.05) is 18.2 Å². The van der Waals surface area contributed by atoms with Gasteiger partial charge in [0.2, 0.25) is 0 Å². The van der Waals surface area contributed by atoms with E-state index in [0.29, 0.717) is 23.6 Å². The van der Waals surface area contributed by atoms with E-state index in [4.69, 9.17) is 4.74 Å². The molecule has 8 heteroatoms. The first-order valence-electron chi connectivity index (χ1n) is 10.7. The fraction of sp³-hybridized carbons (Fsp3) is 0.292. The topological polar surface area (TPSA) is 79.0 Å². The Kier molecular flexibility index (Phi) is 6.20. The molecule has 2 aliphatic heterocycles. The molecule has 4 amide bonds. The Labute approximate surface area is 185 Å². The van der Waals surface area contributed by atoms with Gasteiger partial charge >= 0.3 is 6.03 Å². The Balaban J connectivity index is 1.66. The van der Waals surface area contributed by atoms with Crippen LogP contribution in [-0.4, -0.2) is 37.5 Å². The highest BCUT2D eigenvalue weighted by molar-refractivity contribution is 6.39. The number of hydrogen-bond donors (Lipinski definition) is 1. The fourth-order valence-electron chi connectivity index (χ4n) is 3.97. The van der Waals surface area contributed by atoms with E-state index in [0.717, 1.165) is 37.3 Å². The van der Waals surface area contributed by atoms with Crippen LogP contribution in [0.1, 0.15) is 31.7 Å². The summed E-state index contributed by atoms with van der Waals surface area (Å²) < 4.78 is 20.3. The molecule has 2 heterocycles. The second-order valence-electron chi connectivity index (χ2n) is 7.62. The molecule has 0 bridgehead atoms. The van der Waals surface area contributed by atoms with Crippen molar-refractivity contribution in [1.29, 1.82) is 0 Å². The van der Waals surface area contributed by atoms with Gasteiger partial charge in [0.05, 0.1) is 18.0 Å². The fourth-order valence-corrected chi connectivity index (χ4v) is 3.97. The van der Waals surface area contributed by atoms with Crippen LogP contribution >= 0.6 is 0 Å². The maximum atomic E-state index is 14.8. The van der Waals surface area contributed by atoms with Gasteiger partial charge in [-0.15, -0.1) is 0 Å². The molecule has 2 aromatic carbocycles. The molecule has 0 saturated carbocycles. The Morgan fingerprint density at radius 2 is 1.78 bits per heavy atom. The summed E-state index contributed by atoms with van der Waals surface area (Å²) in [7, 11) is 0. The standard InChI is InChI=1S/C24H24FN3O4/c1-2-32-21-9-5-4-8-20(21)28-23(30)17(22(29)26-24(28)31)14-16-10-11-19(18(25)15-16)27-12-6-3-7-13-27/h4-5,8-11,14-15H,2-3,6-7,12-13H2,1H3,(H,26,29,31)/b17-14+. The highest BCUT2D eigenvalue weighted by Gasteiger charge is 2.38. The van der Waals surface area contributed by atoms with Crippen LogP contribution in [0.5, 0.6) is 5.75 Å². The second-order valence-corrected chi connectivity index (χ2v) is 7.62. The van der Waals surface area contributed by atoms with E-state index in [1.807, 2.05) is 4.90 Å². The molecule has 4 rings (SSSR count). The number of anilines is 2. The molecule has 7 nitrogen and oxygen atoms in total. The first-order valence-corrected chi connectivity index (χ1v) is 10.7. The summed E-state index contributed by atoms with van der Waals surface area (Å²) in [5, 5.41) is 2.18. The van der Waals surface area contributed by atoms with Crippen LogP contribution in [0.3, 0.4) is 0 Å². The summed E-state index contributed by atoms with van der Waals surface area (Å²) >= 11 is 0. The van der Waals surface area contributed by atoms with Crippen molar-refractivity contribution in [2.45, 2.75) is 26.2 Å². The third-order valence-electron chi connectivity index (χ3n) is 5.49. The summed E-state index contributed by atoms with van der Waals surface area (Å²) in [5.41, 5.74) is 0.825. The molecule has 0 atom stereocenters. The Bertz CT molecular complexity index is 1090. The van der Waals surface area contributed by atoms with Crippen molar-refractivity contribution in [1.82, 2.24) is 5.32 Å². The van der Waals surface area contributed by atoms with Crippen molar-refractivity contribution in [3.63, 3.8) is 0 Å². The molecule has 32 heavy (non-hydrogen) atoms. The van der Waals surface area contributed by atoms with Crippen molar-refractivity contribution in [2.24, 2.45) is 0 Å². The molecule has 0 unspecified atom stereocenters. The van der Waals surface area contributed by atoms with Crippen LogP contribution in [0, 0.1) is 5.82 Å². The number of para-hydroxylation sites is 2. The number of nitrogens with zero attached hydrogens (tertiary/aromatic N) is 2. The summed E-state index contributed by atoms with van der Waals surface area (Å²) in [4.78, 5) is 40.9. The molecule has 1 N–H and O–H groups in total. The van der Waals surface area contributed by atoms with Crippen LogP contribution in [0.2, 0.25) is 0 Å². The smallest absolute Gasteiger partial charge is 0.336 e. The summed E-state index contributed by atoms with van der Waals surface area (Å²) in [6, 6.07) is 10.3. The largest absolute Gasteiger partial charge is 0.492 e. The minimum absolute atomic E-state index is 0.224. The van der Waals surface area contributed by atoms with Gasteiger partial charge in [0.25, 0.3) is 11.8 Å². The lowest BCUT2D eigenvalue weighted by Crippen LogP contribution is -2.54. The number of nitrogens with one attached hydrogen (secondary N) is 1. The lowest BCUT2D eigenvalue weighted by Gasteiger charge is -2.29. The minimum atomic E-state index is -0.865. The quantitative estimate of drug-likeness (QED) is 0.567. The Morgan fingerprint density at radius 3 is 2.50 bits per heavy atom.